The van der Waals surface area contributed by atoms with E-state index >= 15 is 0 Å². The second-order valence-corrected chi connectivity index (χ2v) is 5.66. The van der Waals surface area contributed by atoms with Crippen molar-refractivity contribution in [3.05, 3.63) is 71.1 Å². The molecule has 0 unspecified atom stereocenters. The van der Waals surface area contributed by atoms with Crippen LogP contribution in [0.2, 0.25) is 5.02 Å². The van der Waals surface area contributed by atoms with Crippen molar-refractivity contribution in [3.8, 4) is 0 Å². The molecule has 1 heterocycles. The minimum absolute atomic E-state index is 0.356. The van der Waals surface area contributed by atoms with Gasteiger partial charge in [-0.2, -0.15) is 0 Å². The molecule has 1 aromatic heterocycles. The van der Waals surface area contributed by atoms with E-state index in [1.807, 2.05) is 36.4 Å². The highest BCUT2D eigenvalue weighted by Gasteiger charge is 2.19. The van der Waals surface area contributed by atoms with Gasteiger partial charge >= 0.3 is 5.97 Å². The molecule has 0 aliphatic rings. The number of carbonyl (C=O) groups is 1. The van der Waals surface area contributed by atoms with Crippen molar-refractivity contribution < 1.29 is 9.53 Å². The zero-order valence-corrected chi connectivity index (χ0v) is 13.3. The fraction of sp³-hybridized carbons (Fsp3) is 0.167. The van der Waals surface area contributed by atoms with E-state index < -0.39 is 6.10 Å². The largest absolute Gasteiger partial charge is 0.454 e. The van der Waals surface area contributed by atoms with Gasteiger partial charge < -0.3 is 4.74 Å². The summed E-state index contributed by atoms with van der Waals surface area (Å²) in [5.74, 6) is 0.129. The van der Waals surface area contributed by atoms with E-state index in [1.54, 1.807) is 18.3 Å². The number of halogens is 1. The van der Waals surface area contributed by atoms with Crippen LogP contribution in [0.1, 0.15) is 24.4 Å². The Morgan fingerprint density at radius 2 is 2.00 bits per heavy atom. The Hall–Kier alpha value is -2.46. The van der Waals surface area contributed by atoms with E-state index in [4.69, 9.17) is 16.3 Å². The van der Waals surface area contributed by atoms with Crippen LogP contribution in [0.3, 0.4) is 0 Å². The van der Waals surface area contributed by atoms with Gasteiger partial charge in [0.2, 0.25) is 0 Å². The molecule has 3 aromatic rings. The van der Waals surface area contributed by atoms with Crippen LogP contribution >= 0.6 is 11.6 Å². The summed E-state index contributed by atoms with van der Waals surface area (Å²) in [6, 6.07) is 15.2. The molecule has 0 fully saturated rings. The van der Waals surface area contributed by atoms with Crippen LogP contribution in [0.5, 0.6) is 0 Å². The van der Waals surface area contributed by atoms with Crippen LogP contribution in [-0.2, 0) is 16.0 Å². The zero-order chi connectivity index (χ0) is 16.2. The van der Waals surface area contributed by atoms with Crippen molar-refractivity contribution in [2.24, 2.45) is 0 Å². The fourth-order valence-electron chi connectivity index (χ4n) is 2.39. The molecule has 0 aliphatic carbocycles. The van der Waals surface area contributed by atoms with Crippen LogP contribution in [0.15, 0.2) is 54.7 Å². The molecule has 23 heavy (non-hydrogen) atoms. The molecular formula is C18H15ClN2O2. The highest BCUT2D eigenvalue weighted by molar-refractivity contribution is 6.31. The van der Waals surface area contributed by atoms with Gasteiger partial charge in [-0.3, -0.25) is 4.79 Å². The number of esters is 1. The Morgan fingerprint density at radius 3 is 2.74 bits per heavy atom. The molecule has 0 saturated carbocycles. The third-order valence-electron chi connectivity index (χ3n) is 3.42. The van der Waals surface area contributed by atoms with Crippen molar-refractivity contribution in [3.63, 3.8) is 0 Å². The van der Waals surface area contributed by atoms with Crippen molar-refractivity contribution >= 4 is 28.5 Å². The summed E-state index contributed by atoms with van der Waals surface area (Å²) in [7, 11) is 0. The quantitative estimate of drug-likeness (QED) is 0.676. The second kappa shape index (κ2) is 6.75. The maximum Gasteiger partial charge on any atom is 0.303 e. The first-order chi connectivity index (χ1) is 11.1. The molecule has 0 aliphatic heterocycles. The maximum absolute atomic E-state index is 11.4. The lowest BCUT2D eigenvalue weighted by molar-refractivity contribution is -0.147. The first kappa shape index (κ1) is 15.4. The molecule has 0 radical (unpaired) electrons. The third kappa shape index (κ3) is 3.85. The summed E-state index contributed by atoms with van der Waals surface area (Å²) < 4.78 is 5.42. The number of carbonyl (C=O) groups excluding carboxylic acids is 1. The van der Waals surface area contributed by atoms with E-state index in [-0.39, 0.29) is 5.97 Å². The SMILES string of the molecule is CC(=O)O[C@@H](Cc1ccccc1)c1ncc2cc(Cl)ccc2n1. The van der Waals surface area contributed by atoms with Crippen molar-refractivity contribution in [2.75, 3.05) is 0 Å². The number of fused-ring (bicyclic) bond motifs is 1. The van der Waals surface area contributed by atoms with Gasteiger partial charge in [-0.05, 0) is 23.8 Å². The number of nitrogens with zero attached hydrogens (tertiary/aromatic N) is 2. The van der Waals surface area contributed by atoms with Gasteiger partial charge in [0.25, 0.3) is 0 Å². The first-order valence-electron chi connectivity index (χ1n) is 7.25. The maximum atomic E-state index is 11.4. The molecule has 0 amide bonds. The smallest absolute Gasteiger partial charge is 0.303 e. The van der Waals surface area contributed by atoms with Gasteiger partial charge in [0.05, 0.1) is 5.52 Å². The molecule has 4 nitrogen and oxygen atoms in total. The molecule has 0 spiro atoms. The topological polar surface area (TPSA) is 52.1 Å². The lowest BCUT2D eigenvalue weighted by atomic mass is 10.1. The van der Waals surface area contributed by atoms with E-state index in [9.17, 15) is 4.79 Å². The lowest BCUT2D eigenvalue weighted by Gasteiger charge is -2.16. The highest BCUT2D eigenvalue weighted by Crippen LogP contribution is 2.23. The summed E-state index contributed by atoms with van der Waals surface area (Å²) in [6.45, 7) is 1.39. The highest BCUT2D eigenvalue weighted by atomic mass is 35.5. The lowest BCUT2D eigenvalue weighted by Crippen LogP contribution is -2.14. The van der Waals surface area contributed by atoms with E-state index in [0.717, 1.165) is 16.5 Å². The van der Waals surface area contributed by atoms with Gasteiger partial charge in [-0.1, -0.05) is 41.9 Å². The molecule has 116 valence electrons. The predicted octanol–water partition coefficient (Wildman–Crippen LogP) is 4.13. The van der Waals surface area contributed by atoms with Gasteiger partial charge in [0.15, 0.2) is 11.9 Å². The molecular weight excluding hydrogens is 312 g/mol. The molecule has 0 N–H and O–H groups in total. The third-order valence-corrected chi connectivity index (χ3v) is 3.66. The van der Waals surface area contributed by atoms with E-state index in [1.165, 1.54) is 6.92 Å². The summed E-state index contributed by atoms with van der Waals surface area (Å²) >= 11 is 5.97. The van der Waals surface area contributed by atoms with Gasteiger partial charge in [0.1, 0.15) is 0 Å². The first-order valence-corrected chi connectivity index (χ1v) is 7.63. The van der Waals surface area contributed by atoms with Gasteiger partial charge in [0, 0.05) is 30.0 Å². The van der Waals surface area contributed by atoms with Crippen LogP contribution < -0.4 is 0 Å². The standard InChI is InChI=1S/C18H15ClN2O2/c1-12(22)23-17(9-13-5-3-2-4-6-13)18-20-11-14-10-15(19)7-8-16(14)21-18/h2-8,10-11,17H,9H2,1H3/t17-/m0/s1. The van der Waals surface area contributed by atoms with Crippen LogP contribution in [0.25, 0.3) is 10.9 Å². The second-order valence-electron chi connectivity index (χ2n) is 5.22. The minimum atomic E-state index is -0.519. The van der Waals surface area contributed by atoms with Crippen molar-refractivity contribution in [1.82, 2.24) is 9.97 Å². The monoisotopic (exact) mass is 326 g/mol. The Bertz CT molecular complexity index is 837. The van der Waals surface area contributed by atoms with Crippen LogP contribution in [0, 0.1) is 0 Å². The molecule has 0 bridgehead atoms. The van der Waals surface area contributed by atoms with Gasteiger partial charge in [-0.25, -0.2) is 9.97 Å². The Morgan fingerprint density at radius 1 is 1.22 bits per heavy atom. The van der Waals surface area contributed by atoms with Crippen molar-refractivity contribution in [2.45, 2.75) is 19.4 Å². The normalized spacial score (nSPS) is 12.1. The minimum Gasteiger partial charge on any atom is -0.454 e. The number of hydrogen-bond acceptors (Lipinski definition) is 4. The number of benzene rings is 2. The van der Waals surface area contributed by atoms with Crippen LogP contribution in [-0.4, -0.2) is 15.9 Å². The summed E-state index contributed by atoms with van der Waals surface area (Å²) in [4.78, 5) is 20.3. The Balaban J connectivity index is 1.95. The number of aromatic nitrogens is 2. The van der Waals surface area contributed by atoms with Crippen molar-refractivity contribution in [1.29, 1.82) is 0 Å². The zero-order valence-electron chi connectivity index (χ0n) is 12.6. The van der Waals surface area contributed by atoms with Crippen LogP contribution in [0.4, 0.5) is 0 Å². The Kier molecular flexibility index (Phi) is 4.53. The molecule has 5 heteroatoms. The van der Waals surface area contributed by atoms with E-state index in [2.05, 4.69) is 9.97 Å². The molecule has 3 rings (SSSR count). The summed E-state index contributed by atoms with van der Waals surface area (Å²) in [5.41, 5.74) is 1.82. The predicted molar refractivity (Wildman–Crippen MR) is 89.2 cm³/mol. The summed E-state index contributed by atoms with van der Waals surface area (Å²) in [5, 5.41) is 1.48. The average Bonchev–Trinajstić information content (AvgIpc) is 2.54. The molecule has 2 aromatic carbocycles. The summed E-state index contributed by atoms with van der Waals surface area (Å²) in [6.07, 6.45) is 1.71. The number of rotatable bonds is 4. The molecule has 1 atom stereocenters. The fourth-order valence-corrected chi connectivity index (χ4v) is 2.57. The Labute approximate surface area is 139 Å². The molecule has 0 saturated heterocycles. The van der Waals surface area contributed by atoms with E-state index in [0.29, 0.717) is 17.3 Å². The van der Waals surface area contributed by atoms with Gasteiger partial charge in [-0.15, -0.1) is 0 Å². The number of hydrogen-bond donors (Lipinski definition) is 0. The average molecular weight is 327 g/mol. The number of ether oxygens (including phenoxy) is 1.